The normalized spacial score (nSPS) is 11.2. The molecular formula is C16H12FN3O2S. The second-order valence-corrected chi connectivity index (χ2v) is 6.37. The predicted molar refractivity (Wildman–Crippen MR) is 84.7 cm³/mol. The van der Waals surface area contributed by atoms with Crippen LogP contribution in [0.15, 0.2) is 71.8 Å². The van der Waals surface area contributed by atoms with Gasteiger partial charge in [-0.25, -0.2) is 27.5 Å². The number of aromatic nitrogens is 2. The van der Waals surface area contributed by atoms with Crippen LogP contribution in [0.25, 0.3) is 11.3 Å². The molecule has 1 heterocycles. The molecule has 0 amide bonds. The summed E-state index contributed by atoms with van der Waals surface area (Å²) in [6, 6.07) is 15.3. The average molecular weight is 329 g/mol. The van der Waals surface area contributed by atoms with Crippen LogP contribution in [0.3, 0.4) is 0 Å². The Hall–Kier alpha value is -2.80. The van der Waals surface area contributed by atoms with Crippen LogP contribution in [-0.2, 0) is 10.0 Å². The van der Waals surface area contributed by atoms with E-state index in [9.17, 15) is 12.8 Å². The van der Waals surface area contributed by atoms with Crippen molar-refractivity contribution in [2.45, 2.75) is 4.90 Å². The molecule has 116 valence electrons. The minimum absolute atomic E-state index is 0.0457. The molecule has 3 aromatic rings. The maximum absolute atomic E-state index is 13.0. The number of sulfonamides is 1. The van der Waals surface area contributed by atoms with E-state index in [1.54, 1.807) is 36.4 Å². The van der Waals surface area contributed by atoms with Crippen LogP contribution < -0.4 is 4.72 Å². The van der Waals surface area contributed by atoms with E-state index in [0.717, 1.165) is 0 Å². The highest BCUT2D eigenvalue weighted by atomic mass is 32.2. The van der Waals surface area contributed by atoms with Gasteiger partial charge in [-0.2, -0.15) is 0 Å². The van der Waals surface area contributed by atoms with E-state index in [0.29, 0.717) is 11.3 Å². The third kappa shape index (κ3) is 3.51. The van der Waals surface area contributed by atoms with E-state index in [1.807, 2.05) is 0 Å². The Labute approximate surface area is 132 Å². The highest BCUT2D eigenvalue weighted by Crippen LogP contribution is 2.19. The predicted octanol–water partition coefficient (Wildman–Crippen LogP) is 3.08. The first-order valence-corrected chi connectivity index (χ1v) is 8.20. The van der Waals surface area contributed by atoms with Crippen LogP contribution in [0.5, 0.6) is 0 Å². The zero-order chi connectivity index (χ0) is 16.3. The molecule has 0 saturated carbocycles. The fraction of sp³-hybridized carbons (Fsp3) is 0. The van der Waals surface area contributed by atoms with Crippen LogP contribution in [0.2, 0.25) is 0 Å². The van der Waals surface area contributed by atoms with Gasteiger partial charge in [-0.05, 0) is 42.5 Å². The standard InChI is InChI=1S/C16H12FN3O2S/c17-13-8-6-12(7-9-13)15-10-11-18-16(19-15)20-23(21,22)14-4-2-1-3-5-14/h1-11H,(H,18,19,20). The number of hydrogen-bond acceptors (Lipinski definition) is 4. The first-order valence-electron chi connectivity index (χ1n) is 6.71. The van der Waals surface area contributed by atoms with Crippen LogP contribution in [-0.4, -0.2) is 18.4 Å². The molecule has 0 spiro atoms. The Morgan fingerprint density at radius 3 is 2.30 bits per heavy atom. The Morgan fingerprint density at radius 1 is 0.913 bits per heavy atom. The van der Waals surface area contributed by atoms with Crippen molar-refractivity contribution in [1.82, 2.24) is 9.97 Å². The van der Waals surface area contributed by atoms with Gasteiger partial charge in [0.2, 0.25) is 5.95 Å². The van der Waals surface area contributed by atoms with Crippen molar-refractivity contribution in [1.29, 1.82) is 0 Å². The van der Waals surface area contributed by atoms with Crippen molar-refractivity contribution in [2.75, 3.05) is 4.72 Å². The maximum atomic E-state index is 13.0. The van der Waals surface area contributed by atoms with Crippen LogP contribution in [0.1, 0.15) is 0 Å². The van der Waals surface area contributed by atoms with Gasteiger partial charge in [0.25, 0.3) is 10.0 Å². The highest BCUT2D eigenvalue weighted by molar-refractivity contribution is 7.92. The summed E-state index contributed by atoms with van der Waals surface area (Å²) in [6.07, 6.45) is 1.44. The smallest absolute Gasteiger partial charge is 0.247 e. The number of nitrogens with zero attached hydrogens (tertiary/aromatic N) is 2. The van der Waals surface area contributed by atoms with E-state index in [1.165, 1.54) is 30.5 Å². The van der Waals surface area contributed by atoms with Gasteiger partial charge in [-0.15, -0.1) is 0 Å². The summed E-state index contributed by atoms with van der Waals surface area (Å²) >= 11 is 0. The molecule has 3 rings (SSSR count). The molecule has 23 heavy (non-hydrogen) atoms. The van der Waals surface area contributed by atoms with Gasteiger partial charge in [0.15, 0.2) is 0 Å². The molecule has 0 unspecified atom stereocenters. The maximum Gasteiger partial charge on any atom is 0.264 e. The SMILES string of the molecule is O=S(=O)(Nc1nccc(-c2ccc(F)cc2)n1)c1ccccc1. The zero-order valence-corrected chi connectivity index (χ0v) is 12.7. The molecule has 0 aliphatic heterocycles. The van der Waals surface area contributed by atoms with Crippen molar-refractivity contribution >= 4 is 16.0 Å². The molecule has 5 nitrogen and oxygen atoms in total. The Morgan fingerprint density at radius 2 is 1.61 bits per heavy atom. The minimum atomic E-state index is -3.75. The summed E-state index contributed by atoms with van der Waals surface area (Å²) in [5, 5.41) is 0. The largest absolute Gasteiger partial charge is 0.264 e. The second kappa shape index (κ2) is 6.13. The Kier molecular flexibility index (Phi) is 4.03. The molecule has 0 saturated heterocycles. The number of halogens is 1. The lowest BCUT2D eigenvalue weighted by Crippen LogP contribution is -2.15. The second-order valence-electron chi connectivity index (χ2n) is 4.69. The fourth-order valence-electron chi connectivity index (χ4n) is 1.97. The molecule has 0 radical (unpaired) electrons. The molecule has 0 aliphatic carbocycles. The van der Waals surface area contributed by atoms with Crippen molar-refractivity contribution in [2.24, 2.45) is 0 Å². The van der Waals surface area contributed by atoms with E-state index in [4.69, 9.17) is 0 Å². The van der Waals surface area contributed by atoms with E-state index >= 15 is 0 Å². The lowest BCUT2D eigenvalue weighted by atomic mass is 10.1. The third-order valence-electron chi connectivity index (χ3n) is 3.07. The summed E-state index contributed by atoms with van der Waals surface area (Å²) in [4.78, 5) is 8.20. The third-order valence-corrected chi connectivity index (χ3v) is 4.42. The number of nitrogens with one attached hydrogen (secondary N) is 1. The number of benzene rings is 2. The van der Waals surface area contributed by atoms with Crippen molar-refractivity contribution in [3.63, 3.8) is 0 Å². The molecule has 0 fully saturated rings. The summed E-state index contributed by atoms with van der Waals surface area (Å²) in [6.45, 7) is 0. The summed E-state index contributed by atoms with van der Waals surface area (Å²) in [5.74, 6) is -0.400. The van der Waals surface area contributed by atoms with Gasteiger partial charge in [0.05, 0.1) is 10.6 Å². The van der Waals surface area contributed by atoms with Crippen LogP contribution in [0, 0.1) is 5.82 Å². The van der Waals surface area contributed by atoms with E-state index < -0.39 is 10.0 Å². The van der Waals surface area contributed by atoms with Gasteiger partial charge in [-0.1, -0.05) is 18.2 Å². The first kappa shape index (κ1) is 15.1. The molecule has 2 aromatic carbocycles. The molecule has 0 aliphatic rings. The number of rotatable bonds is 4. The summed E-state index contributed by atoms with van der Waals surface area (Å²) in [7, 11) is -3.75. The van der Waals surface area contributed by atoms with Crippen LogP contribution in [0.4, 0.5) is 10.3 Å². The van der Waals surface area contributed by atoms with E-state index in [-0.39, 0.29) is 16.7 Å². The molecular weight excluding hydrogens is 317 g/mol. The fourth-order valence-corrected chi connectivity index (χ4v) is 2.94. The Balaban J connectivity index is 1.90. The van der Waals surface area contributed by atoms with Crippen molar-refractivity contribution in [3.8, 4) is 11.3 Å². The van der Waals surface area contributed by atoms with Gasteiger partial charge in [-0.3, -0.25) is 0 Å². The number of anilines is 1. The van der Waals surface area contributed by atoms with Crippen molar-refractivity contribution in [3.05, 3.63) is 72.7 Å². The quantitative estimate of drug-likeness (QED) is 0.798. The zero-order valence-electron chi connectivity index (χ0n) is 11.8. The average Bonchev–Trinajstić information content (AvgIpc) is 2.56. The van der Waals surface area contributed by atoms with Gasteiger partial charge < -0.3 is 0 Å². The molecule has 0 atom stereocenters. The van der Waals surface area contributed by atoms with Crippen LogP contribution >= 0.6 is 0 Å². The first-order chi connectivity index (χ1) is 11.0. The monoisotopic (exact) mass is 329 g/mol. The number of hydrogen-bond donors (Lipinski definition) is 1. The van der Waals surface area contributed by atoms with Gasteiger partial charge in [0, 0.05) is 11.8 Å². The lowest BCUT2D eigenvalue weighted by Gasteiger charge is -2.07. The highest BCUT2D eigenvalue weighted by Gasteiger charge is 2.15. The Bertz CT molecular complexity index is 914. The van der Waals surface area contributed by atoms with Crippen molar-refractivity contribution < 1.29 is 12.8 Å². The molecule has 1 aromatic heterocycles. The van der Waals surface area contributed by atoms with Gasteiger partial charge in [0.1, 0.15) is 5.82 Å². The van der Waals surface area contributed by atoms with Gasteiger partial charge >= 0.3 is 0 Å². The minimum Gasteiger partial charge on any atom is -0.247 e. The molecule has 7 heteroatoms. The lowest BCUT2D eigenvalue weighted by molar-refractivity contribution is 0.601. The topological polar surface area (TPSA) is 72.0 Å². The summed E-state index contributed by atoms with van der Waals surface area (Å²) in [5.41, 5.74) is 1.15. The molecule has 0 bridgehead atoms. The van der Waals surface area contributed by atoms with E-state index in [2.05, 4.69) is 14.7 Å². The summed E-state index contributed by atoms with van der Waals surface area (Å²) < 4.78 is 39.8. The molecule has 1 N–H and O–H groups in total.